The fourth-order valence-electron chi connectivity index (χ4n) is 2.93. The molecule has 0 atom stereocenters. The largest absolute Gasteiger partial charge is 0.419 e. The van der Waals surface area contributed by atoms with Crippen molar-refractivity contribution in [2.24, 2.45) is 5.92 Å². The zero-order chi connectivity index (χ0) is 16.5. The van der Waals surface area contributed by atoms with Crippen LogP contribution in [-0.2, 0) is 11.3 Å². The number of hydrogen-bond acceptors (Lipinski definition) is 5. The maximum atomic E-state index is 12.1. The first-order valence-corrected chi connectivity index (χ1v) is 9.08. The topological polar surface area (TPSA) is 62.5 Å². The zero-order valence-corrected chi connectivity index (χ0v) is 14.9. The monoisotopic (exact) mass is 390 g/mol. The molecule has 2 heterocycles. The van der Waals surface area contributed by atoms with Crippen LogP contribution in [-0.4, -0.2) is 52.1 Å². The number of aromatic nitrogens is 2. The fraction of sp³-hybridized carbons (Fsp3) is 0.471. The molecular formula is C17H19BrN4O2. The molecule has 1 amide bonds. The molecule has 1 aromatic heterocycles. The third-order valence-corrected chi connectivity index (χ3v) is 5.06. The van der Waals surface area contributed by atoms with Crippen molar-refractivity contribution in [1.29, 1.82) is 0 Å². The van der Waals surface area contributed by atoms with E-state index in [2.05, 4.69) is 31.0 Å². The maximum absolute atomic E-state index is 12.1. The molecule has 2 aliphatic rings. The second-order valence-corrected chi connectivity index (χ2v) is 7.30. The van der Waals surface area contributed by atoms with E-state index in [0.717, 1.165) is 49.1 Å². The van der Waals surface area contributed by atoms with Crippen LogP contribution >= 0.6 is 15.9 Å². The molecule has 0 N–H and O–H groups in total. The zero-order valence-electron chi connectivity index (χ0n) is 13.3. The van der Waals surface area contributed by atoms with E-state index in [4.69, 9.17) is 4.42 Å². The molecule has 1 aliphatic heterocycles. The third kappa shape index (κ3) is 3.52. The van der Waals surface area contributed by atoms with Crippen LogP contribution in [0.15, 0.2) is 33.2 Å². The van der Waals surface area contributed by atoms with Crippen molar-refractivity contribution in [2.75, 3.05) is 26.2 Å². The van der Waals surface area contributed by atoms with E-state index >= 15 is 0 Å². The van der Waals surface area contributed by atoms with Crippen LogP contribution in [0.3, 0.4) is 0 Å². The van der Waals surface area contributed by atoms with Gasteiger partial charge in [-0.15, -0.1) is 10.2 Å². The average molecular weight is 391 g/mol. The van der Waals surface area contributed by atoms with Crippen LogP contribution in [0.1, 0.15) is 18.7 Å². The summed E-state index contributed by atoms with van der Waals surface area (Å²) in [4.78, 5) is 16.3. The standard InChI is InChI=1S/C17H19BrN4O2/c18-14-5-3-12(4-6-14)16-20-19-15(24-16)11-21-7-9-22(10-8-21)17(23)13-1-2-13/h3-6,13H,1-2,7-11H2. The van der Waals surface area contributed by atoms with Gasteiger partial charge in [-0.2, -0.15) is 0 Å². The molecule has 1 aromatic carbocycles. The SMILES string of the molecule is O=C(C1CC1)N1CCN(Cc2nnc(-c3ccc(Br)cc3)o2)CC1. The molecule has 2 fully saturated rings. The van der Waals surface area contributed by atoms with Gasteiger partial charge in [-0.3, -0.25) is 9.69 Å². The minimum atomic E-state index is 0.306. The molecule has 4 rings (SSSR count). The van der Waals surface area contributed by atoms with Crippen LogP contribution in [0.2, 0.25) is 0 Å². The Hall–Kier alpha value is -1.73. The van der Waals surface area contributed by atoms with Crippen molar-refractivity contribution in [3.8, 4) is 11.5 Å². The summed E-state index contributed by atoms with van der Waals surface area (Å²) in [6, 6.07) is 7.80. The van der Waals surface area contributed by atoms with E-state index in [0.29, 0.717) is 30.2 Å². The highest BCUT2D eigenvalue weighted by Crippen LogP contribution is 2.31. The summed E-state index contributed by atoms with van der Waals surface area (Å²) in [5.74, 6) is 1.81. The minimum absolute atomic E-state index is 0.306. The molecule has 0 bridgehead atoms. The fourth-order valence-corrected chi connectivity index (χ4v) is 3.20. The van der Waals surface area contributed by atoms with Crippen LogP contribution in [0.4, 0.5) is 0 Å². The van der Waals surface area contributed by atoms with Crippen LogP contribution < -0.4 is 0 Å². The lowest BCUT2D eigenvalue weighted by molar-refractivity contribution is -0.134. The number of benzene rings is 1. The van der Waals surface area contributed by atoms with Crippen molar-refractivity contribution in [3.63, 3.8) is 0 Å². The van der Waals surface area contributed by atoms with Crippen LogP contribution in [0.5, 0.6) is 0 Å². The second-order valence-electron chi connectivity index (χ2n) is 6.38. The molecule has 2 aromatic rings. The highest BCUT2D eigenvalue weighted by molar-refractivity contribution is 9.10. The number of amides is 1. The Kier molecular flexibility index (Phi) is 4.37. The number of hydrogen-bond donors (Lipinski definition) is 0. The van der Waals surface area contributed by atoms with Gasteiger partial charge in [0, 0.05) is 42.1 Å². The van der Waals surface area contributed by atoms with Gasteiger partial charge < -0.3 is 9.32 Å². The quantitative estimate of drug-likeness (QED) is 0.802. The Morgan fingerprint density at radius 2 is 1.83 bits per heavy atom. The predicted octanol–water partition coefficient (Wildman–Crippen LogP) is 2.55. The summed E-state index contributed by atoms with van der Waals surface area (Å²) in [5.41, 5.74) is 0.914. The van der Waals surface area contributed by atoms with E-state index in [1.807, 2.05) is 29.2 Å². The van der Waals surface area contributed by atoms with Gasteiger partial charge in [-0.05, 0) is 37.1 Å². The lowest BCUT2D eigenvalue weighted by Gasteiger charge is -2.34. The smallest absolute Gasteiger partial charge is 0.247 e. The third-order valence-electron chi connectivity index (χ3n) is 4.53. The van der Waals surface area contributed by atoms with Crippen molar-refractivity contribution in [2.45, 2.75) is 19.4 Å². The normalized spacial score (nSPS) is 18.8. The van der Waals surface area contributed by atoms with Crippen molar-refractivity contribution >= 4 is 21.8 Å². The predicted molar refractivity (Wildman–Crippen MR) is 92.0 cm³/mol. The Morgan fingerprint density at radius 3 is 2.50 bits per heavy atom. The van der Waals surface area contributed by atoms with Gasteiger partial charge in [0.05, 0.1) is 6.54 Å². The van der Waals surface area contributed by atoms with Crippen LogP contribution in [0, 0.1) is 5.92 Å². The number of rotatable bonds is 4. The lowest BCUT2D eigenvalue weighted by Crippen LogP contribution is -2.48. The molecular weight excluding hydrogens is 372 g/mol. The Balaban J connectivity index is 1.33. The summed E-state index contributed by atoms with van der Waals surface area (Å²) in [6.45, 7) is 3.93. The Morgan fingerprint density at radius 1 is 1.12 bits per heavy atom. The number of piperazine rings is 1. The minimum Gasteiger partial charge on any atom is -0.419 e. The summed E-state index contributed by atoms with van der Waals surface area (Å²) < 4.78 is 6.79. The first-order valence-electron chi connectivity index (χ1n) is 8.28. The number of halogens is 1. The van der Waals surface area contributed by atoms with E-state index in [-0.39, 0.29) is 0 Å². The first kappa shape index (κ1) is 15.8. The second kappa shape index (κ2) is 6.64. The van der Waals surface area contributed by atoms with Gasteiger partial charge in [0.2, 0.25) is 17.7 Å². The number of carbonyl (C=O) groups excluding carboxylic acids is 1. The molecule has 126 valence electrons. The van der Waals surface area contributed by atoms with Gasteiger partial charge in [-0.25, -0.2) is 0 Å². The molecule has 0 radical (unpaired) electrons. The Bertz CT molecular complexity index is 718. The van der Waals surface area contributed by atoms with Crippen LogP contribution in [0.25, 0.3) is 11.5 Å². The van der Waals surface area contributed by atoms with Gasteiger partial charge in [0.1, 0.15) is 0 Å². The Labute approximate surface area is 149 Å². The summed E-state index contributed by atoms with van der Waals surface area (Å²) in [6.07, 6.45) is 2.14. The van der Waals surface area contributed by atoms with Gasteiger partial charge in [0.15, 0.2) is 0 Å². The van der Waals surface area contributed by atoms with E-state index in [1.165, 1.54) is 0 Å². The van der Waals surface area contributed by atoms with Gasteiger partial charge in [0.25, 0.3) is 0 Å². The molecule has 1 aliphatic carbocycles. The maximum Gasteiger partial charge on any atom is 0.247 e. The summed E-state index contributed by atoms with van der Waals surface area (Å²) in [7, 11) is 0. The molecule has 1 saturated heterocycles. The number of carbonyl (C=O) groups is 1. The molecule has 0 spiro atoms. The first-order chi connectivity index (χ1) is 11.7. The molecule has 1 saturated carbocycles. The highest BCUT2D eigenvalue weighted by Gasteiger charge is 2.34. The number of nitrogens with zero attached hydrogens (tertiary/aromatic N) is 4. The summed E-state index contributed by atoms with van der Waals surface area (Å²) in [5, 5.41) is 8.28. The highest BCUT2D eigenvalue weighted by atomic mass is 79.9. The van der Waals surface area contributed by atoms with E-state index < -0.39 is 0 Å². The molecule has 6 nitrogen and oxygen atoms in total. The average Bonchev–Trinajstić information content (AvgIpc) is 3.35. The lowest BCUT2D eigenvalue weighted by atomic mass is 10.2. The van der Waals surface area contributed by atoms with Gasteiger partial charge in [-0.1, -0.05) is 15.9 Å². The van der Waals surface area contributed by atoms with E-state index in [9.17, 15) is 4.79 Å². The van der Waals surface area contributed by atoms with Crippen molar-refractivity contribution in [3.05, 3.63) is 34.6 Å². The van der Waals surface area contributed by atoms with Gasteiger partial charge >= 0.3 is 0 Å². The molecule has 7 heteroatoms. The molecule has 24 heavy (non-hydrogen) atoms. The van der Waals surface area contributed by atoms with Crippen molar-refractivity contribution in [1.82, 2.24) is 20.0 Å². The van der Waals surface area contributed by atoms with Crippen molar-refractivity contribution < 1.29 is 9.21 Å². The molecule has 0 unspecified atom stereocenters. The van der Waals surface area contributed by atoms with E-state index in [1.54, 1.807) is 0 Å². The summed E-state index contributed by atoms with van der Waals surface area (Å²) >= 11 is 3.42.